The maximum Gasteiger partial charge on any atom is 0.204 e. The lowest BCUT2D eigenvalue weighted by molar-refractivity contribution is 0.602. The highest BCUT2D eigenvalue weighted by molar-refractivity contribution is 7.22. The van der Waals surface area contributed by atoms with Crippen molar-refractivity contribution in [2.24, 2.45) is 5.10 Å². The molecule has 4 nitrogen and oxygen atoms in total. The smallest absolute Gasteiger partial charge is 0.204 e. The number of fused-ring (bicyclic) bond motifs is 2. The van der Waals surface area contributed by atoms with Crippen LogP contribution in [0.2, 0.25) is 0 Å². The topological polar surface area (TPSA) is 42.2 Å². The molecular formula is C23H17FN4S. The Hall–Kier alpha value is -3.51. The van der Waals surface area contributed by atoms with E-state index in [0.29, 0.717) is 12.1 Å². The average molecular weight is 400 g/mol. The number of halogens is 1. The van der Waals surface area contributed by atoms with Crippen LogP contribution in [0, 0.1) is 5.82 Å². The number of hydrogen-bond acceptors (Lipinski definition) is 4. The van der Waals surface area contributed by atoms with E-state index < -0.39 is 0 Å². The number of thiazole rings is 1. The molecule has 1 N–H and O–H groups in total. The van der Waals surface area contributed by atoms with Gasteiger partial charge in [-0.25, -0.2) is 9.37 Å². The minimum absolute atomic E-state index is 0.196. The molecule has 0 saturated heterocycles. The Bertz CT molecular complexity index is 1300. The first-order chi connectivity index (χ1) is 14.3. The number of hydrazone groups is 1. The summed E-state index contributed by atoms with van der Waals surface area (Å²) in [5.74, 6) is -0.196. The number of nitrogens with one attached hydrogen (secondary N) is 1. The van der Waals surface area contributed by atoms with Crippen molar-refractivity contribution in [2.45, 2.75) is 6.54 Å². The summed E-state index contributed by atoms with van der Waals surface area (Å²) in [5.41, 5.74) is 6.64. The molecule has 6 heteroatoms. The first-order valence-corrected chi connectivity index (χ1v) is 10.1. The second-order valence-electron chi connectivity index (χ2n) is 6.68. The summed E-state index contributed by atoms with van der Waals surface area (Å²) >= 11 is 1.56. The van der Waals surface area contributed by atoms with Gasteiger partial charge in [0.25, 0.3) is 0 Å². The largest absolute Gasteiger partial charge is 0.342 e. The number of aromatic nitrogens is 2. The van der Waals surface area contributed by atoms with E-state index in [4.69, 9.17) is 0 Å². The van der Waals surface area contributed by atoms with Crippen LogP contribution in [0.5, 0.6) is 0 Å². The van der Waals surface area contributed by atoms with Gasteiger partial charge in [-0.1, -0.05) is 59.9 Å². The number of benzene rings is 3. The fourth-order valence-corrected chi connectivity index (χ4v) is 4.21. The molecule has 5 rings (SSSR count). The van der Waals surface area contributed by atoms with E-state index >= 15 is 0 Å². The maximum atomic E-state index is 14.1. The van der Waals surface area contributed by atoms with Gasteiger partial charge in [-0.05, 0) is 24.3 Å². The second kappa shape index (κ2) is 7.48. The Morgan fingerprint density at radius 1 is 1.00 bits per heavy atom. The number of para-hydroxylation sites is 2. The van der Waals surface area contributed by atoms with Crippen LogP contribution < -0.4 is 5.43 Å². The molecule has 0 amide bonds. The van der Waals surface area contributed by atoms with Gasteiger partial charge in [-0.3, -0.25) is 5.43 Å². The standard InChI is InChI=1S/C23H17FN4S/c24-19-9-3-1-7-16(19)14-28-15-17(18-8-2-5-11-21(18)28)13-25-27-23-26-20-10-4-6-12-22(20)29-23/h1-13,15H,14H2,(H,26,27). The van der Waals surface area contributed by atoms with Crippen molar-refractivity contribution in [2.75, 3.05) is 5.43 Å². The van der Waals surface area contributed by atoms with Gasteiger partial charge in [0.2, 0.25) is 5.13 Å². The molecule has 0 atom stereocenters. The molecule has 0 radical (unpaired) electrons. The van der Waals surface area contributed by atoms with Gasteiger partial charge in [-0.2, -0.15) is 5.10 Å². The van der Waals surface area contributed by atoms with Gasteiger partial charge in [0.1, 0.15) is 5.82 Å². The van der Waals surface area contributed by atoms with Crippen molar-refractivity contribution in [3.8, 4) is 0 Å². The molecule has 0 bridgehead atoms. The van der Waals surface area contributed by atoms with E-state index in [1.807, 2.05) is 71.4 Å². The fourth-order valence-electron chi connectivity index (χ4n) is 3.40. The van der Waals surface area contributed by atoms with Crippen molar-refractivity contribution >= 4 is 43.8 Å². The minimum atomic E-state index is -0.196. The predicted octanol–water partition coefficient (Wildman–Crippen LogP) is 5.88. The zero-order valence-electron chi connectivity index (χ0n) is 15.4. The Kier molecular flexibility index (Phi) is 4.54. The lowest BCUT2D eigenvalue weighted by Crippen LogP contribution is -2.00. The lowest BCUT2D eigenvalue weighted by Gasteiger charge is -2.06. The van der Waals surface area contributed by atoms with Crippen molar-refractivity contribution in [3.63, 3.8) is 0 Å². The van der Waals surface area contributed by atoms with Crippen LogP contribution in [0.4, 0.5) is 9.52 Å². The third-order valence-corrected chi connectivity index (χ3v) is 5.72. The number of anilines is 1. The summed E-state index contributed by atoms with van der Waals surface area (Å²) in [4.78, 5) is 4.52. The number of nitrogens with zero attached hydrogens (tertiary/aromatic N) is 3. The van der Waals surface area contributed by atoms with Gasteiger partial charge >= 0.3 is 0 Å². The normalized spacial score (nSPS) is 11.6. The first kappa shape index (κ1) is 17.6. The van der Waals surface area contributed by atoms with Crippen molar-refractivity contribution < 1.29 is 4.39 Å². The van der Waals surface area contributed by atoms with Crippen LogP contribution >= 0.6 is 11.3 Å². The van der Waals surface area contributed by atoms with Gasteiger partial charge in [0.15, 0.2) is 0 Å². The highest BCUT2D eigenvalue weighted by Gasteiger charge is 2.09. The molecule has 142 valence electrons. The quantitative estimate of drug-likeness (QED) is 0.295. The van der Waals surface area contributed by atoms with Gasteiger partial charge in [-0.15, -0.1) is 0 Å². The van der Waals surface area contributed by atoms with E-state index in [1.54, 1.807) is 23.6 Å². The molecule has 0 aliphatic heterocycles. The van der Waals surface area contributed by atoms with E-state index in [2.05, 4.69) is 15.5 Å². The molecule has 0 aliphatic carbocycles. The second-order valence-corrected chi connectivity index (χ2v) is 7.71. The zero-order chi connectivity index (χ0) is 19.6. The molecule has 5 aromatic rings. The number of rotatable bonds is 5. The van der Waals surface area contributed by atoms with E-state index in [0.717, 1.165) is 31.8 Å². The third-order valence-electron chi connectivity index (χ3n) is 4.78. The van der Waals surface area contributed by atoms with Crippen LogP contribution in [-0.2, 0) is 6.54 Å². The van der Waals surface area contributed by atoms with Gasteiger partial charge < -0.3 is 4.57 Å². The minimum Gasteiger partial charge on any atom is -0.342 e. The Morgan fingerprint density at radius 3 is 2.69 bits per heavy atom. The first-order valence-electron chi connectivity index (χ1n) is 9.24. The molecule has 0 unspecified atom stereocenters. The fraction of sp³-hybridized carbons (Fsp3) is 0.0435. The molecular weight excluding hydrogens is 383 g/mol. The number of hydrogen-bond donors (Lipinski definition) is 1. The molecule has 2 aromatic heterocycles. The van der Waals surface area contributed by atoms with E-state index in [-0.39, 0.29) is 5.82 Å². The molecule has 0 spiro atoms. The monoisotopic (exact) mass is 400 g/mol. The van der Waals surface area contributed by atoms with Crippen LogP contribution in [0.1, 0.15) is 11.1 Å². The summed E-state index contributed by atoms with van der Waals surface area (Å²) in [7, 11) is 0. The highest BCUT2D eigenvalue weighted by Crippen LogP contribution is 2.26. The SMILES string of the molecule is Fc1ccccc1Cn1cc(C=NNc2nc3ccccc3s2)c2ccccc21. The maximum absolute atomic E-state index is 14.1. The Balaban J connectivity index is 1.44. The molecule has 3 aromatic carbocycles. The summed E-state index contributed by atoms with van der Waals surface area (Å²) in [6.07, 6.45) is 3.78. The van der Waals surface area contributed by atoms with Gasteiger partial charge in [0, 0.05) is 28.2 Å². The van der Waals surface area contributed by atoms with E-state index in [9.17, 15) is 4.39 Å². The van der Waals surface area contributed by atoms with Crippen LogP contribution in [0.25, 0.3) is 21.1 Å². The van der Waals surface area contributed by atoms with Crippen molar-refractivity contribution in [1.82, 2.24) is 9.55 Å². The molecule has 0 saturated carbocycles. The predicted molar refractivity (Wildman–Crippen MR) is 118 cm³/mol. The van der Waals surface area contributed by atoms with Crippen LogP contribution in [-0.4, -0.2) is 15.8 Å². The van der Waals surface area contributed by atoms with Crippen molar-refractivity contribution in [1.29, 1.82) is 0 Å². The third kappa shape index (κ3) is 3.50. The Morgan fingerprint density at radius 2 is 1.79 bits per heavy atom. The summed E-state index contributed by atoms with van der Waals surface area (Å²) < 4.78 is 17.3. The zero-order valence-corrected chi connectivity index (χ0v) is 16.2. The summed E-state index contributed by atoms with van der Waals surface area (Å²) in [5, 5.41) is 6.20. The van der Waals surface area contributed by atoms with Crippen LogP contribution in [0.3, 0.4) is 0 Å². The highest BCUT2D eigenvalue weighted by atomic mass is 32.1. The van der Waals surface area contributed by atoms with E-state index in [1.165, 1.54) is 6.07 Å². The molecule has 0 fully saturated rings. The average Bonchev–Trinajstić information content (AvgIpc) is 3.31. The van der Waals surface area contributed by atoms with Crippen molar-refractivity contribution in [3.05, 3.63) is 95.9 Å². The summed E-state index contributed by atoms with van der Waals surface area (Å²) in [6.45, 7) is 0.465. The lowest BCUT2D eigenvalue weighted by atomic mass is 10.2. The molecule has 2 heterocycles. The molecule has 0 aliphatic rings. The summed E-state index contributed by atoms with van der Waals surface area (Å²) in [6, 6.07) is 22.9. The molecule has 29 heavy (non-hydrogen) atoms. The van der Waals surface area contributed by atoms with Gasteiger partial charge in [0.05, 0.1) is 23.0 Å². The van der Waals surface area contributed by atoms with Crippen LogP contribution in [0.15, 0.2) is 84.1 Å². The Labute approximate surface area is 170 Å².